The Labute approximate surface area is 191 Å². The van der Waals surface area contributed by atoms with Gasteiger partial charge in [-0.15, -0.1) is 0 Å². The molecule has 33 heavy (non-hydrogen) atoms. The zero-order valence-electron chi connectivity index (χ0n) is 17.7. The Morgan fingerprint density at radius 1 is 1.06 bits per heavy atom. The van der Waals surface area contributed by atoms with E-state index in [0.717, 1.165) is 11.3 Å². The van der Waals surface area contributed by atoms with E-state index in [2.05, 4.69) is 25.5 Å². The number of carbonyl (C=O) groups is 2. The van der Waals surface area contributed by atoms with Crippen molar-refractivity contribution >= 4 is 34.0 Å². The molecule has 2 aromatic heterocycles. The van der Waals surface area contributed by atoms with E-state index < -0.39 is 12.0 Å². The quantitative estimate of drug-likeness (QED) is 0.420. The van der Waals surface area contributed by atoms with Crippen molar-refractivity contribution in [2.75, 3.05) is 19.5 Å². The summed E-state index contributed by atoms with van der Waals surface area (Å²) < 4.78 is 11.0. The number of ether oxygens (including phenoxy) is 2. The number of fused-ring (bicyclic) bond motifs is 1. The fourth-order valence-electron chi connectivity index (χ4n) is 2.95. The van der Waals surface area contributed by atoms with Crippen molar-refractivity contribution in [2.45, 2.75) is 6.54 Å². The number of hydrogen-bond acceptors (Lipinski definition) is 8. The van der Waals surface area contributed by atoms with E-state index in [1.807, 2.05) is 24.3 Å². The number of hydrogen-bond donors (Lipinski definition) is 2. The van der Waals surface area contributed by atoms with Gasteiger partial charge >= 0.3 is 12.0 Å². The molecule has 4 rings (SSSR count). The maximum Gasteiger partial charge on any atom is 0.337 e. The molecule has 0 radical (unpaired) electrons. The maximum absolute atomic E-state index is 12.5. The number of esters is 1. The highest BCUT2D eigenvalue weighted by atomic mass is 32.1. The van der Waals surface area contributed by atoms with Crippen LogP contribution >= 0.6 is 11.3 Å². The number of nitrogens with zero attached hydrogens (tertiary/aromatic N) is 3. The molecule has 0 aliphatic heterocycles. The van der Waals surface area contributed by atoms with Crippen LogP contribution in [0.2, 0.25) is 0 Å². The van der Waals surface area contributed by atoms with Crippen LogP contribution in [0.5, 0.6) is 5.75 Å². The molecule has 2 N–H and O–H groups in total. The van der Waals surface area contributed by atoms with Gasteiger partial charge < -0.3 is 20.1 Å². The molecule has 0 saturated carbocycles. The molecule has 0 fully saturated rings. The number of anilines is 1. The van der Waals surface area contributed by atoms with Crippen molar-refractivity contribution in [3.63, 3.8) is 0 Å². The predicted octanol–water partition coefficient (Wildman–Crippen LogP) is 2.93. The standard InChI is InChI=1S/C22H19N5O5S/c1-31-17-9-5-13(6-10-17)19-26-27-18(28)11-16(25-22(27)33-19)12-23-21(30)24-15-7-3-14(4-8-15)20(29)32-2/h3-11H,12H2,1-2H3,(H2,23,24,30). The lowest BCUT2D eigenvalue weighted by atomic mass is 10.2. The van der Waals surface area contributed by atoms with Crippen LogP contribution in [0.4, 0.5) is 10.5 Å². The predicted molar refractivity (Wildman–Crippen MR) is 123 cm³/mol. The third kappa shape index (κ3) is 4.99. The number of urea groups is 1. The molecule has 0 bridgehead atoms. The molecule has 0 unspecified atom stereocenters. The minimum absolute atomic E-state index is 0.0492. The van der Waals surface area contributed by atoms with E-state index in [0.29, 0.717) is 26.9 Å². The topological polar surface area (TPSA) is 124 Å². The maximum atomic E-state index is 12.5. The van der Waals surface area contributed by atoms with Gasteiger partial charge in [-0.3, -0.25) is 4.79 Å². The lowest BCUT2D eigenvalue weighted by Gasteiger charge is -2.08. The number of amides is 2. The van der Waals surface area contributed by atoms with Crippen LogP contribution in [0.25, 0.3) is 15.5 Å². The molecule has 0 spiro atoms. The SMILES string of the molecule is COC(=O)c1ccc(NC(=O)NCc2cc(=O)n3nc(-c4ccc(OC)cc4)sc3n2)cc1. The molecule has 168 valence electrons. The molecule has 4 aromatic rings. The zero-order valence-corrected chi connectivity index (χ0v) is 18.5. The van der Waals surface area contributed by atoms with Crippen molar-refractivity contribution < 1.29 is 19.1 Å². The molecule has 0 aliphatic rings. The Morgan fingerprint density at radius 3 is 2.45 bits per heavy atom. The number of nitrogens with one attached hydrogen (secondary N) is 2. The van der Waals surface area contributed by atoms with Crippen molar-refractivity contribution in [2.24, 2.45) is 0 Å². The molecule has 2 heterocycles. The second-order valence-corrected chi connectivity index (χ2v) is 7.75. The largest absolute Gasteiger partial charge is 0.497 e. The second kappa shape index (κ2) is 9.49. The van der Waals surface area contributed by atoms with Crippen LogP contribution in [0, 0.1) is 0 Å². The van der Waals surface area contributed by atoms with Gasteiger partial charge in [-0.05, 0) is 48.5 Å². The number of methoxy groups -OCH3 is 2. The number of aromatic nitrogens is 3. The van der Waals surface area contributed by atoms with Crippen molar-refractivity contribution in [3.05, 3.63) is 76.2 Å². The molecular weight excluding hydrogens is 446 g/mol. The Morgan fingerprint density at radius 2 is 1.79 bits per heavy atom. The summed E-state index contributed by atoms with van der Waals surface area (Å²) in [4.78, 5) is 41.0. The zero-order chi connectivity index (χ0) is 23.4. The molecule has 0 saturated heterocycles. The highest BCUT2D eigenvalue weighted by Crippen LogP contribution is 2.26. The van der Waals surface area contributed by atoms with Gasteiger partial charge in [0, 0.05) is 17.3 Å². The molecule has 2 amide bonds. The Balaban J connectivity index is 1.43. The monoisotopic (exact) mass is 465 g/mol. The first-order valence-electron chi connectivity index (χ1n) is 9.74. The van der Waals surface area contributed by atoms with Gasteiger partial charge in [0.15, 0.2) is 0 Å². The van der Waals surface area contributed by atoms with Gasteiger partial charge in [0.25, 0.3) is 5.56 Å². The average molecular weight is 465 g/mol. The van der Waals surface area contributed by atoms with Crippen molar-refractivity contribution in [1.82, 2.24) is 19.9 Å². The first kappa shape index (κ1) is 22.0. The Hall–Kier alpha value is -4.25. The normalized spacial score (nSPS) is 10.6. The smallest absolute Gasteiger partial charge is 0.337 e. The number of rotatable bonds is 6. The van der Waals surface area contributed by atoms with Gasteiger partial charge in [-0.25, -0.2) is 14.6 Å². The lowest BCUT2D eigenvalue weighted by molar-refractivity contribution is 0.0600. The van der Waals surface area contributed by atoms with E-state index in [-0.39, 0.29) is 12.1 Å². The highest BCUT2D eigenvalue weighted by molar-refractivity contribution is 7.19. The van der Waals surface area contributed by atoms with Gasteiger partial charge in [-0.1, -0.05) is 11.3 Å². The summed E-state index contributed by atoms with van der Waals surface area (Å²) in [5.41, 5.74) is 1.77. The van der Waals surface area contributed by atoms with Crippen LogP contribution in [0.15, 0.2) is 59.4 Å². The Kier molecular flexibility index (Phi) is 6.31. The van der Waals surface area contributed by atoms with Crippen LogP contribution in [-0.2, 0) is 11.3 Å². The summed E-state index contributed by atoms with van der Waals surface area (Å²) >= 11 is 1.27. The highest BCUT2D eigenvalue weighted by Gasteiger charge is 2.12. The summed E-state index contributed by atoms with van der Waals surface area (Å²) in [6.07, 6.45) is 0. The Bertz CT molecular complexity index is 1360. The number of benzene rings is 2. The van der Waals surface area contributed by atoms with Crippen molar-refractivity contribution in [1.29, 1.82) is 0 Å². The van der Waals surface area contributed by atoms with Crippen LogP contribution < -0.4 is 20.9 Å². The first-order chi connectivity index (χ1) is 16.0. The van der Waals surface area contributed by atoms with Crippen molar-refractivity contribution in [3.8, 4) is 16.3 Å². The molecule has 10 nitrogen and oxygen atoms in total. The van der Waals surface area contributed by atoms with E-state index in [1.165, 1.54) is 29.0 Å². The van der Waals surface area contributed by atoms with Gasteiger partial charge in [0.05, 0.1) is 32.0 Å². The third-order valence-corrected chi connectivity index (χ3v) is 5.59. The van der Waals surface area contributed by atoms with Gasteiger partial charge in [0.1, 0.15) is 10.8 Å². The van der Waals surface area contributed by atoms with Crippen LogP contribution in [-0.4, -0.2) is 40.8 Å². The molecule has 11 heteroatoms. The van der Waals surface area contributed by atoms with E-state index in [9.17, 15) is 14.4 Å². The summed E-state index contributed by atoms with van der Waals surface area (Å²) in [6.45, 7) is 0.0492. The minimum Gasteiger partial charge on any atom is -0.497 e. The second-order valence-electron chi connectivity index (χ2n) is 6.79. The molecule has 0 atom stereocenters. The lowest BCUT2D eigenvalue weighted by Crippen LogP contribution is -2.29. The van der Waals surface area contributed by atoms with E-state index in [1.54, 1.807) is 31.4 Å². The molecular formula is C22H19N5O5S. The fourth-order valence-corrected chi connectivity index (χ4v) is 3.88. The van der Waals surface area contributed by atoms with Gasteiger partial charge in [0.2, 0.25) is 4.96 Å². The van der Waals surface area contributed by atoms with Crippen LogP contribution in [0.1, 0.15) is 16.1 Å². The first-order valence-corrected chi connectivity index (χ1v) is 10.6. The fraction of sp³-hybridized carbons (Fsp3) is 0.136. The van der Waals surface area contributed by atoms with Gasteiger partial charge in [-0.2, -0.15) is 9.61 Å². The molecule has 0 aliphatic carbocycles. The number of carbonyl (C=O) groups excluding carboxylic acids is 2. The minimum atomic E-state index is -0.481. The average Bonchev–Trinajstić information content (AvgIpc) is 3.28. The van der Waals surface area contributed by atoms with Crippen LogP contribution in [0.3, 0.4) is 0 Å². The summed E-state index contributed by atoms with van der Waals surface area (Å²) in [6, 6.07) is 14.4. The third-order valence-electron chi connectivity index (χ3n) is 4.63. The summed E-state index contributed by atoms with van der Waals surface area (Å²) in [5.74, 6) is 0.262. The molecule has 2 aromatic carbocycles. The summed E-state index contributed by atoms with van der Waals surface area (Å²) in [5, 5.41) is 10.3. The summed E-state index contributed by atoms with van der Waals surface area (Å²) in [7, 11) is 2.89. The van der Waals surface area contributed by atoms with E-state index >= 15 is 0 Å². The van der Waals surface area contributed by atoms with E-state index in [4.69, 9.17) is 4.74 Å².